The van der Waals surface area contributed by atoms with E-state index in [1.165, 1.54) is 11.1 Å². The molecule has 1 N–H and O–H groups in total. The molecule has 2 aliphatic heterocycles. The highest BCUT2D eigenvalue weighted by molar-refractivity contribution is 5.64. The molecule has 0 aromatic heterocycles. The van der Waals surface area contributed by atoms with Crippen molar-refractivity contribution >= 4 is 17.1 Å². The molecule has 0 unspecified atom stereocenters. The van der Waals surface area contributed by atoms with Gasteiger partial charge in [0.1, 0.15) is 0 Å². The van der Waals surface area contributed by atoms with E-state index < -0.39 is 5.92 Å². The van der Waals surface area contributed by atoms with Crippen molar-refractivity contribution in [3.05, 3.63) is 53.6 Å². The third kappa shape index (κ3) is 3.68. The van der Waals surface area contributed by atoms with E-state index in [1.807, 2.05) is 29.2 Å². The van der Waals surface area contributed by atoms with Gasteiger partial charge in [0, 0.05) is 56.1 Å². The summed E-state index contributed by atoms with van der Waals surface area (Å²) in [5.41, 5.74) is 5.92. The van der Waals surface area contributed by atoms with E-state index in [9.17, 15) is 8.78 Å². The quantitative estimate of drug-likeness (QED) is 0.831. The van der Waals surface area contributed by atoms with E-state index in [0.29, 0.717) is 13.1 Å². The average Bonchev–Trinajstić information content (AvgIpc) is 3.05. The number of alkyl halides is 2. The van der Waals surface area contributed by atoms with Crippen molar-refractivity contribution in [2.45, 2.75) is 38.8 Å². The normalized spacial score (nSPS) is 19.4. The van der Waals surface area contributed by atoms with Crippen molar-refractivity contribution < 1.29 is 8.78 Å². The summed E-state index contributed by atoms with van der Waals surface area (Å²) < 4.78 is 26.6. The van der Waals surface area contributed by atoms with Gasteiger partial charge in [0.2, 0.25) is 0 Å². The van der Waals surface area contributed by atoms with Crippen molar-refractivity contribution in [1.29, 1.82) is 0 Å². The van der Waals surface area contributed by atoms with Crippen LogP contribution in [-0.2, 0) is 13.1 Å². The molecule has 4 rings (SSSR count). The van der Waals surface area contributed by atoms with Gasteiger partial charge in [0.05, 0.1) is 0 Å². The standard InChI is InChI=1S/C21H25F2N3/c1-2-25-14-16-3-4-19(13-17(16)15-25)24-18-5-7-20(8-6-18)26-11-9-21(22,23)10-12-26/h3-8,13,24H,2,9-12,14-15H2,1H3. The Morgan fingerprint density at radius 2 is 1.58 bits per heavy atom. The van der Waals surface area contributed by atoms with E-state index in [2.05, 4.69) is 35.3 Å². The molecule has 2 aromatic carbocycles. The average molecular weight is 357 g/mol. The number of nitrogens with one attached hydrogen (secondary N) is 1. The Morgan fingerprint density at radius 3 is 2.27 bits per heavy atom. The van der Waals surface area contributed by atoms with E-state index in [4.69, 9.17) is 0 Å². The molecule has 1 saturated heterocycles. The molecule has 0 atom stereocenters. The maximum atomic E-state index is 13.3. The largest absolute Gasteiger partial charge is 0.371 e. The van der Waals surface area contributed by atoms with E-state index in [0.717, 1.165) is 36.7 Å². The molecule has 1 fully saturated rings. The summed E-state index contributed by atoms with van der Waals surface area (Å²) in [6.45, 7) is 6.14. The highest BCUT2D eigenvalue weighted by Crippen LogP contribution is 2.31. The van der Waals surface area contributed by atoms with Crippen LogP contribution in [0.2, 0.25) is 0 Å². The SMILES string of the molecule is CCN1Cc2ccc(Nc3ccc(N4CCC(F)(F)CC4)cc3)cc2C1. The molecule has 0 radical (unpaired) electrons. The van der Waals surface area contributed by atoms with Crippen LogP contribution in [-0.4, -0.2) is 30.5 Å². The molecular weight excluding hydrogens is 332 g/mol. The Balaban J connectivity index is 1.41. The fourth-order valence-electron chi connectivity index (χ4n) is 3.78. The van der Waals surface area contributed by atoms with Gasteiger partial charge in [-0.15, -0.1) is 0 Å². The predicted molar refractivity (Wildman–Crippen MR) is 102 cm³/mol. The third-order valence-electron chi connectivity index (χ3n) is 5.46. The monoisotopic (exact) mass is 357 g/mol. The summed E-state index contributed by atoms with van der Waals surface area (Å²) >= 11 is 0. The minimum atomic E-state index is -2.50. The Hall–Kier alpha value is -2.14. The van der Waals surface area contributed by atoms with Crippen molar-refractivity contribution in [3.8, 4) is 0 Å². The highest BCUT2D eigenvalue weighted by atomic mass is 19.3. The van der Waals surface area contributed by atoms with Crippen LogP contribution in [0.15, 0.2) is 42.5 Å². The van der Waals surface area contributed by atoms with E-state index in [-0.39, 0.29) is 12.8 Å². The van der Waals surface area contributed by atoms with Gasteiger partial charge < -0.3 is 10.2 Å². The molecule has 0 bridgehead atoms. The molecule has 2 heterocycles. The van der Waals surface area contributed by atoms with Crippen LogP contribution < -0.4 is 10.2 Å². The van der Waals surface area contributed by atoms with Gasteiger partial charge >= 0.3 is 0 Å². The van der Waals surface area contributed by atoms with Crippen LogP contribution in [0.1, 0.15) is 30.9 Å². The van der Waals surface area contributed by atoms with Crippen molar-refractivity contribution in [3.63, 3.8) is 0 Å². The van der Waals surface area contributed by atoms with Crippen LogP contribution in [0.5, 0.6) is 0 Å². The fraction of sp³-hybridized carbons (Fsp3) is 0.429. The van der Waals surface area contributed by atoms with E-state index >= 15 is 0 Å². The number of nitrogens with zero attached hydrogens (tertiary/aromatic N) is 2. The lowest BCUT2D eigenvalue weighted by Crippen LogP contribution is -2.39. The number of hydrogen-bond acceptors (Lipinski definition) is 3. The maximum Gasteiger partial charge on any atom is 0.251 e. The van der Waals surface area contributed by atoms with E-state index in [1.54, 1.807) is 0 Å². The predicted octanol–water partition coefficient (Wildman–Crippen LogP) is 5.00. The molecule has 2 aromatic rings. The number of anilines is 3. The van der Waals surface area contributed by atoms with Gasteiger partial charge in [-0.25, -0.2) is 8.78 Å². The van der Waals surface area contributed by atoms with Crippen LogP contribution in [0, 0.1) is 0 Å². The molecule has 26 heavy (non-hydrogen) atoms. The van der Waals surface area contributed by atoms with Crippen molar-refractivity contribution in [2.75, 3.05) is 29.9 Å². The Kier molecular flexibility index (Phi) is 4.57. The van der Waals surface area contributed by atoms with Crippen LogP contribution in [0.3, 0.4) is 0 Å². The summed E-state index contributed by atoms with van der Waals surface area (Å²) in [7, 11) is 0. The third-order valence-corrected chi connectivity index (χ3v) is 5.46. The van der Waals surface area contributed by atoms with Crippen molar-refractivity contribution in [1.82, 2.24) is 4.90 Å². The second kappa shape index (κ2) is 6.88. The van der Waals surface area contributed by atoms with Gasteiger partial charge in [-0.3, -0.25) is 4.90 Å². The van der Waals surface area contributed by atoms with Crippen molar-refractivity contribution in [2.24, 2.45) is 0 Å². The molecule has 5 heteroatoms. The van der Waals surface area contributed by atoms with Crippen LogP contribution in [0.25, 0.3) is 0 Å². The Bertz CT molecular complexity index is 763. The molecule has 2 aliphatic rings. The summed E-state index contributed by atoms with van der Waals surface area (Å²) in [5, 5.41) is 3.45. The Labute approximate surface area is 153 Å². The lowest BCUT2D eigenvalue weighted by atomic mass is 10.1. The second-order valence-electron chi connectivity index (χ2n) is 7.30. The molecule has 0 saturated carbocycles. The lowest BCUT2D eigenvalue weighted by molar-refractivity contribution is -0.0220. The van der Waals surface area contributed by atoms with Gasteiger partial charge in [-0.2, -0.15) is 0 Å². The number of fused-ring (bicyclic) bond motifs is 1. The summed E-state index contributed by atoms with van der Waals surface area (Å²) in [6.07, 6.45) is -0.117. The summed E-state index contributed by atoms with van der Waals surface area (Å²) in [4.78, 5) is 4.46. The zero-order valence-corrected chi connectivity index (χ0v) is 15.1. The molecule has 0 spiro atoms. The number of benzene rings is 2. The molecule has 3 nitrogen and oxygen atoms in total. The molecule has 0 aliphatic carbocycles. The first kappa shape index (κ1) is 17.3. The topological polar surface area (TPSA) is 18.5 Å². The maximum absolute atomic E-state index is 13.3. The number of rotatable bonds is 4. The number of hydrogen-bond donors (Lipinski definition) is 1. The first-order chi connectivity index (χ1) is 12.5. The summed E-state index contributed by atoms with van der Waals surface area (Å²) in [5.74, 6) is -2.50. The lowest BCUT2D eigenvalue weighted by Gasteiger charge is -2.33. The van der Waals surface area contributed by atoms with Crippen LogP contribution >= 0.6 is 0 Å². The number of piperidine rings is 1. The highest BCUT2D eigenvalue weighted by Gasteiger charge is 2.33. The van der Waals surface area contributed by atoms with Crippen LogP contribution in [0.4, 0.5) is 25.8 Å². The molecule has 0 amide bonds. The first-order valence-corrected chi connectivity index (χ1v) is 9.36. The molecular formula is C21H25F2N3. The molecule has 138 valence electrons. The smallest absolute Gasteiger partial charge is 0.251 e. The van der Waals surface area contributed by atoms with Gasteiger partial charge in [-0.1, -0.05) is 13.0 Å². The van der Waals surface area contributed by atoms with Gasteiger partial charge in [-0.05, 0) is 54.1 Å². The zero-order chi connectivity index (χ0) is 18.1. The fourth-order valence-corrected chi connectivity index (χ4v) is 3.78. The second-order valence-corrected chi connectivity index (χ2v) is 7.30. The zero-order valence-electron chi connectivity index (χ0n) is 15.1. The Morgan fingerprint density at radius 1 is 0.923 bits per heavy atom. The van der Waals surface area contributed by atoms with Gasteiger partial charge in [0.25, 0.3) is 5.92 Å². The first-order valence-electron chi connectivity index (χ1n) is 9.36. The number of halogens is 2. The summed E-state index contributed by atoms with van der Waals surface area (Å²) in [6, 6.07) is 14.6. The minimum absolute atomic E-state index is 0.0586. The minimum Gasteiger partial charge on any atom is -0.371 e. The van der Waals surface area contributed by atoms with Gasteiger partial charge in [0.15, 0.2) is 0 Å².